The van der Waals surface area contributed by atoms with Gasteiger partial charge < -0.3 is 15.4 Å². The van der Waals surface area contributed by atoms with Gasteiger partial charge in [0.15, 0.2) is 6.04 Å². The summed E-state index contributed by atoms with van der Waals surface area (Å²) in [5, 5.41) is 17.1. The van der Waals surface area contributed by atoms with Crippen molar-refractivity contribution >= 4 is 11.7 Å². The topological polar surface area (TPSA) is 90.1 Å². The molecule has 1 aromatic heterocycles. The molecule has 0 radical (unpaired) electrons. The quantitative estimate of drug-likeness (QED) is 0.470. The van der Waals surface area contributed by atoms with Gasteiger partial charge in [-0.05, 0) is 18.3 Å². The van der Waals surface area contributed by atoms with Crippen LogP contribution in [0.3, 0.4) is 0 Å². The molecule has 0 aromatic carbocycles. The van der Waals surface area contributed by atoms with E-state index < -0.39 is 11.0 Å². The average molecular weight is 252 g/mol. The van der Waals surface area contributed by atoms with Gasteiger partial charge in [-0.1, -0.05) is 13.0 Å². The summed E-state index contributed by atoms with van der Waals surface area (Å²) in [6.45, 7) is 7.38. The minimum Gasteiger partial charge on any atom is -0.358 e. The second-order valence-corrected chi connectivity index (χ2v) is 3.80. The summed E-state index contributed by atoms with van der Waals surface area (Å²) in [6.07, 6.45) is 2.08. The Balaban J connectivity index is 2.97. The van der Waals surface area contributed by atoms with Crippen molar-refractivity contribution in [3.8, 4) is 0 Å². The Morgan fingerprint density at radius 1 is 1.78 bits per heavy atom. The molecule has 7 nitrogen and oxygen atoms in total. The van der Waals surface area contributed by atoms with Crippen LogP contribution in [0, 0.1) is 17.0 Å². The summed E-state index contributed by atoms with van der Waals surface area (Å²) in [7, 11) is 0. The number of amides is 1. The molecule has 0 aliphatic heterocycles. The van der Waals surface area contributed by atoms with Gasteiger partial charge in [0, 0.05) is 6.54 Å². The first-order valence-electron chi connectivity index (χ1n) is 5.60. The molecular formula is C11H16N4O3. The minimum absolute atomic E-state index is 0.224. The van der Waals surface area contributed by atoms with Gasteiger partial charge in [-0.15, -0.1) is 6.58 Å². The van der Waals surface area contributed by atoms with Gasteiger partial charge in [-0.2, -0.15) is 4.68 Å². The van der Waals surface area contributed by atoms with Crippen LogP contribution >= 0.6 is 0 Å². The number of aryl methyl sites for hydroxylation is 1. The monoisotopic (exact) mass is 252 g/mol. The number of hydrogen-bond donors (Lipinski definition) is 1. The number of rotatable bonds is 6. The molecule has 1 amide bonds. The first-order chi connectivity index (χ1) is 8.51. The van der Waals surface area contributed by atoms with Crippen molar-refractivity contribution in [3.63, 3.8) is 0 Å². The van der Waals surface area contributed by atoms with Crippen molar-refractivity contribution < 1.29 is 9.72 Å². The lowest BCUT2D eigenvalue weighted by Crippen LogP contribution is -2.33. The molecular weight excluding hydrogens is 236 g/mol. The SMILES string of the molecule is C=CCNC(=O)C(CC)n1nc([N+](=O)[O-])cc1C. The van der Waals surface area contributed by atoms with E-state index in [1.54, 1.807) is 13.0 Å². The fourth-order valence-electron chi connectivity index (χ4n) is 1.64. The van der Waals surface area contributed by atoms with Crippen LogP contribution in [0.15, 0.2) is 18.7 Å². The van der Waals surface area contributed by atoms with Crippen molar-refractivity contribution in [3.05, 3.63) is 34.5 Å². The zero-order chi connectivity index (χ0) is 13.7. The highest BCUT2D eigenvalue weighted by molar-refractivity contribution is 5.80. The van der Waals surface area contributed by atoms with Gasteiger partial charge in [-0.25, -0.2) is 0 Å². The molecule has 1 unspecified atom stereocenters. The van der Waals surface area contributed by atoms with Crippen molar-refractivity contribution in [1.82, 2.24) is 15.1 Å². The predicted octanol–water partition coefficient (Wildman–Crippen LogP) is 1.35. The molecule has 0 bridgehead atoms. The van der Waals surface area contributed by atoms with E-state index in [1.165, 1.54) is 10.7 Å². The van der Waals surface area contributed by atoms with E-state index in [2.05, 4.69) is 17.0 Å². The Kier molecular flexibility index (Phi) is 4.59. The van der Waals surface area contributed by atoms with Gasteiger partial charge in [-0.3, -0.25) is 4.79 Å². The molecule has 0 fully saturated rings. The van der Waals surface area contributed by atoms with E-state index in [9.17, 15) is 14.9 Å². The molecule has 18 heavy (non-hydrogen) atoms. The average Bonchev–Trinajstić information content (AvgIpc) is 2.70. The van der Waals surface area contributed by atoms with E-state index in [-0.39, 0.29) is 11.7 Å². The van der Waals surface area contributed by atoms with Crippen molar-refractivity contribution in [2.45, 2.75) is 26.3 Å². The highest BCUT2D eigenvalue weighted by Crippen LogP contribution is 2.18. The number of aromatic nitrogens is 2. The lowest BCUT2D eigenvalue weighted by Gasteiger charge is -2.13. The summed E-state index contributed by atoms with van der Waals surface area (Å²) in [5.41, 5.74) is 0.585. The predicted molar refractivity (Wildman–Crippen MR) is 66.2 cm³/mol. The zero-order valence-corrected chi connectivity index (χ0v) is 10.4. The number of hydrogen-bond acceptors (Lipinski definition) is 4. The van der Waals surface area contributed by atoms with Gasteiger partial charge >= 0.3 is 5.82 Å². The van der Waals surface area contributed by atoms with E-state index in [1.807, 2.05) is 6.92 Å². The van der Waals surface area contributed by atoms with E-state index in [4.69, 9.17) is 0 Å². The number of carbonyl (C=O) groups is 1. The molecule has 1 aromatic rings. The molecule has 0 saturated carbocycles. The van der Waals surface area contributed by atoms with Crippen LogP contribution in [0.5, 0.6) is 0 Å². The lowest BCUT2D eigenvalue weighted by molar-refractivity contribution is -0.389. The van der Waals surface area contributed by atoms with Crippen LogP contribution in [0.25, 0.3) is 0 Å². The first kappa shape index (κ1) is 13.9. The van der Waals surface area contributed by atoms with Crippen molar-refractivity contribution in [2.24, 2.45) is 0 Å². The third-order valence-electron chi connectivity index (χ3n) is 2.50. The molecule has 7 heteroatoms. The van der Waals surface area contributed by atoms with E-state index in [0.717, 1.165) is 0 Å². The van der Waals surface area contributed by atoms with Crippen molar-refractivity contribution in [1.29, 1.82) is 0 Å². The Bertz CT molecular complexity index is 467. The molecule has 98 valence electrons. The van der Waals surface area contributed by atoms with E-state index in [0.29, 0.717) is 18.7 Å². The fourth-order valence-corrected chi connectivity index (χ4v) is 1.64. The smallest absolute Gasteiger partial charge is 0.358 e. The van der Waals surface area contributed by atoms with Crippen molar-refractivity contribution in [2.75, 3.05) is 6.54 Å². The Hall–Kier alpha value is -2.18. The molecule has 1 rings (SSSR count). The van der Waals surface area contributed by atoms with E-state index >= 15 is 0 Å². The van der Waals surface area contributed by atoms with Crippen LogP contribution < -0.4 is 5.32 Å². The van der Waals surface area contributed by atoms with Crippen LogP contribution in [-0.2, 0) is 4.79 Å². The molecule has 1 heterocycles. The highest BCUT2D eigenvalue weighted by atomic mass is 16.6. The van der Waals surface area contributed by atoms with Gasteiger partial charge in [0.1, 0.15) is 0 Å². The summed E-state index contributed by atoms with van der Waals surface area (Å²) >= 11 is 0. The second-order valence-electron chi connectivity index (χ2n) is 3.80. The third-order valence-corrected chi connectivity index (χ3v) is 2.50. The number of nitrogens with zero attached hydrogens (tertiary/aromatic N) is 3. The molecule has 0 saturated heterocycles. The van der Waals surface area contributed by atoms with Crippen LogP contribution in [0.1, 0.15) is 25.1 Å². The molecule has 0 aliphatic carbocycles. The Morgan fingerprint density at radius 2 is 2.44 bits per heavy atom. The summed E-state index contributed by atoms with van der Waals surface area (Å²) in [5.74, 6) is -0.471. The summed E-state index contributed by atoms with van der Waals surface area (Å²) in [6, 6.07) is 0.808. The molecule has 1 atom stereocenters. The molecule has 0 aliphatic rings. The van der Waals surface area contributed by atoms with Gasteiger partial charge in [0.2, 0.25) is 5.91 Å². The normalized spacial score (nSPS) is 11.9. The first-order valence-corrected chi connectivity index (χ1v) is 5.60. The third kappa shape index (κ3) is 2.93. The van der Waals surface area contributed by atoms with Gasteiger partial charge in [0.05, 0.1) is 16.9 Å². The Morgan fingerprint density at radius 3 is 2.89 bits per heavy atom. The Labute approximate surface area is 105 Å². The zero-order valence-electron chi connectivity index (χ0n) is 10.4. The van der Waals surface area contributed by atoms with Crippen LogP contribution in [0.2, 0.25) is 0 Å². The lowest BCUT2D eigenvalue weighted by atomic mass is 10.2. The summed E-state index contributed by atoms with van der Waals surface area (Å²) < 4.78 is 1.39. The van der Waals surface area contributed by atoms with Crippen LogP contribution in [0.4, 0.5) is 5.82 Å². The maximum absolute atomic E-state index is 11.9. The largest absolute Gasteiger partial charge is 0.390 e. The maximum atomic E-state index is 11.9. The molecule has 0 spiro atoms. The van der Waals surface area contributed by atoms with Crippen LogP contribution in [-0.4, -0.2) is 27.2 Å². The minimum atomic E-state index is -0.572. The number of carbonyl (C=O) groups excluding carboxylic acids is 1. The van der Waals surface area contributed by atoms with Gasteiger partial charge in [0.25, 0.3) is 0 Å². The second kappa shape index (κ2) is 5.95. The summed E-state index contributed by atoms with van der Waals surface area (Å²) in [4.78, 5) is 21.9. The molecule has 1 N–H and O–H groups in total. The highest BCUT2D eigenvalue weighted by Gasteiger charge is 2.26. The fraction of sp³-hybridized carbons (Fsp3) is 0.455. The standard InChI is InChI=1S/C11H16N4O3/c1-4-6-12-11(16)9(5-2)14-8(3)7-10(13-14)15(17)18/h4,7,9H,1,5-6H2,2-3H3,(H,12,16). The maximum Gasteiger partial charge on any atom is 0.390 e. The number of nitro groups is 1. The number of nitrogens with one attached hydrogen (secondary N) is 1.